The van der Waals surface area contributed by atoms with Crippen LogP contribution in [0.25, 0.3) is 0 Å². The zero-order valence-corrected chi connectivity index (χ0v) is 11.4. The maximum absolute atomic E-state index is 11.4. The molecule has 0 aromatic heterocycles. The van der Waals surface area contributed by atoms with E-state index in [2.05, 4.69) is 0 Å². The van der Waals surface area contributed by atoms with Crippen molar-refractivity contribution in [2.75, 3.05) is 5.75 Å². The SMILES string of the molecule is O=C(O)C1(Cc2c(Cl)cccc2Cl)CCCS1. The molecule has 0 amide bonds. The van der Waals surface area contributed by atoms with Gasteiger partial charge in [0.15, 0.2) is 0 Å². The van der Waals surface area contributed by atoms with Crippen LogP contribution < -0.4 is 0 Å². The quantitative estimate of drug-likeness (QED) is 0.918. The molecule has 1 heterocycles. The third-order valence-corrected chi connectivity index (χ3v) is 5.29. The first-order chi connectivity index (χ1) is 8.05. The number of aliphatic carboxylic acids is 1. The molecule has 0 bridgehead atoms. The van der Waals surface area contributed by atoms with Crippen LogP contribution in [0.5, 0.6) is 0 Å². The highest BCUT2D eigenvalue weighted by atomic mass is 35.5. The predicted octanol–water partition coefficient (Wildman–Crippen LogP) is 3.89. The van der Waals surface area contributed by atoms with Gasteiger partial charge in [-0.2, -0.15) is 0 Å². The summed E-state index contributed by atoms with van der Waals surface area (Å²) in [6.07, 6.45) is 2.00. The molecule has 5 heteroatoms. The molecule has 1 atom stereocenters. The van der Waals surface area contributed by atoms with Crippen molar-refractivity contribution < 1.29 is 9.90 Å². The third kappa shape index (κ3) is 2.56. The lowest BCUT2D eigenvalue weighted by molar-refractivity contribution is -0.139. The van der Waals surface area contributed by atoms with Crippen molar-refractivity contribution in [3.63, 3.8) is 0 Å². The van der Waals surface area contributed by atoms with Gasteiger partial charge in [-0.25, -0.2) is 0 Å². The summed E-state index contributed by atoms with van der Waals surface area (Å²) in [7, 11) is 0. The number of carboxylic acid groups (broad SMARTS) is 1. The molecule has 1 aromatic rings. The summed E-state index contributed by atoms with van der Waals surface area (Å²) < 4.78 is -0.755. The highest BCUT2D eigenvalue weighted by Crippen LogP contribution is 2.43. The molecule has 0 spiro atoms. The Hall–Kier alpha value is -0.380. The van der Waals surface area contributed by atoms with Gasteiger partial charge >= 0.3 is 5.97 Å². The van der Waals surface area contributed by atoms with E-state index in [9.17, 15) is 9.90 Å². The standard InChI is InChI=1S/C12H12Cl2O2S/c13-9-3-1-4-10(14)8(9)7-12(11(15)16)5-2-6-17-12/h1,3-4H,2,5-7H2,(H,15,16). The first-order valence-electron chi connectivity index (χ1n) is 5.35. The van der Waals surface area contributed by atoms with Crippen LogP contribution >= 0.6 is 35.0 Å². The fraction of sp³-hybridized carbons (Fsp3) is 0.417. The Balaban J connectivity index is 2.33. The van der Waals surface area contributed by atoms with E-state index in [-0.39, 0.29) is 0 Å². The number of thioether (sulfide) groups is 1. The minimum atomic E-state index is -0.768. The van der Waals surface area contributed by atoms with Crippen LogP contribution in [0, 0.1) is 0 Å². The monoisotopic (exact) mass is 290 g/mol. The topological polar surface area (TPSA) is 37.3 Å². The Bertz CT molecular complexity index is 422. The van der Waals surface area contributed by atoms with Crippen molar-refractivity contribution >= 4 is 40.9 Å². The van der Waals surface area contributed by atoms with Crippen molar-refractivity contribution in [3.05, 3.63) is 33.8 Å². The maximum atomic E-state index is 11.4. The van der Waals surface area contributed by atoms with Crippen LogP contribution in [0.3, 0.4) is 0 Å². The number of carboxylic acids is 1. The summed E-state index contributed by atoms with van der Waals surface area (Å²) in [6.45, 7) is 0. The van der Waals surface area contributed by atoms with Gasteiger partial charge in [0.05, 0.1) is 0 Å². The first-order valence-corrected chi connectivity index (χ1v) is 7.09. The lowest BCUT2D eigenvalue weighted by Gasteiger charge is -2.24. The zero-order chi connectivity index (χ0) is 12.5. The van der Waals surface area contributed by atoms with Gasteiger partial charge in [-0.3, -0.25) is 4.79 Å². The second-order valence-corrected chi connectivity index (χ2v) is 6.42. The second-order valence-electron chi connectivity index (χ2n) is 4.13. The Morgan fingerprint density at radius 2 is 2.06 bits per heavy atom. The molecular weight excluding hydrogens is 279 g/mol. The maximum Gasteiger partial charge on any atom is 0.320 e. The van der Waals surface area contributed by atoms with Gasteiger partial charge in [-0.05, 0) is 36.3 Å². The number of hydrogen-bond donors (Lipinski definition) is 1. The molecule has 1 N–H and O–H groups in total. The zero-order valence-electron chi connectivity index (χ0n) is 9.08. The largest absolute Gasteiger partial charge is 0.480 e. The molecule has 1 unspecified atom stereocenters. The van der Waals surface area contributed by atoms with E-state index in [4.69, 9.17) is 23.2 Å². The fourth-order valence-electron chi connectivity index (χ4n) is 2.07. The van der Waals surface area contributed by atoms with Crippen LogP contribution in [-0.4, -0.2) is 21.6 Å². The van der Waals surface area contributed by atoms with Crippen molar-refractivity contribution in [2.45, 2.75) is 24.0 Å². The Morgan fingerprint density at radius 1 is 1.41 bits per heavy atom. The number of carbonyl (C=O) groups is 1. The summed E-state index contributed by atoms with van der Waals surface area (Å²) in [6, 6.07) is 5.26. The van der Waals surface area contributed by atoms with Gasteiger partial charge in [0.2, 0.25) is 0 Å². The van der Waals surface area contributed by atoms with Crippen LogP contribution in [0.4, 0.5) is 0 Å². The molecule has 92 valence electrons. The van der Waals surface area contributed by atoms with Crippen LogP contribution in [0.15, 0.2) is 18.2 Å². The highest BCUT2D eigenvalue weighted by Gasteiger charge is 2.43. The molecule has 1 aliphatic heterocycles. The van der Waals surface area contributed by atoms with Gasteiger partial charge in [0.1, 0.15) is 4.75 Å². The van der Waals surface area contributed by atoms with Gasteiger partial charge in [0, 0.05) is 16.5 Å². The van der Waals surface area contributed by atoms with E-state index < -0.39 is 10.7 Å². The van der Waals surface area contributed by atoms with E-state index in [1.165, 1.54) is 11.8 Å². The summed E-state index contributed by atoms with van der Waals surface area (Å²) in [4.78, 5) is 11.4. The Morgan fingerprint density at radius 3 is 2.53 bits per heavy atom. The Labute approximate surface area is 114 Å². The first kappa shape index (κ1) is 13.1. The van der Waals surface area contributed by atoms with E-state index in [0.29, 0.717) is 22.9 Å². The molecule has 2 nitrogen and oxygen atoms in total. The average molecular weight is 291 g/mol. The van der Waals surface area contributed by atoms with Crippen LogP contribution in [-0.2, 0) is 11.2 Å². The lowest BCUT2D eigenvalue weighted by atomic mass is 9.94. The van der Waals surface area contributed by atoms with E-state index in [0.717, 1.165) is 17.7 Å². The highest BCUT2D eigenvalue weighted by molar-refractivity contribution is 8.01. The molecule has 0 aliphatic carbocycles. The van der Waals surface area contributed by atoms with Crippen LogP contribution in [0.2, 0.25) is 10.0 Å². The van der Waals surface area contributed by atoms with Crippen LogP contribution in [0.1, 0.15) is 18.4 Å². The minimum Gasteiger partial charge on any atom is -0.480 e. The van der Waals surface area contributed by atoms with E-state index in [1.807, 2.05) is 0 Å². The summed E-state index contributed by atoms with van der Waals surface area (Å²) in [5, 5.41) is 10.5. The lowest BCUT2D eigenvalue weighted by Crippen LogP contribution is -2.35. The van der Waals surface area contributed by atoms with Gasteiger partial charge in [0.25, 0.3) is 0 Å². The molecule has 1 aliphatic rings. The van der Waals surface area contributed by atoms with E-state index in [1.54, 1.807) is 18.2 Å². The average Bonchev–Trinajstić information content (AvgIpc) is 2.73. The number of halogens is 2. The Kier molecular flexibility index (Phi) is 3.91. The number of hydrogen-bond acceptors (Lipinski definition) is 2. The normalized spacial score (nSPS) is 23.9. The minimum absolute atomic E-state index is 0.394. The van der Waals surface area contributed by atoms with Crippen molar-refractivity contribution in [3.8, 4) is 0 Å². The summed E-state index contributed by atoms with van der Waals surface area (Å²) in [5.41, 5.74) is 0.743. The number of benzene rings is 1. The van der Waals surface area contributed by atoms with Gasteiger partial charge in [-0.15, -0.1) is 11.8 Å². The van der Waals surface area contributed by atoms with Gasteiger partial charge in [-0.1, -0.05) is 29.3 Å². The predicted molar refractivity (Wildman–Crippen MR) is 72.2 cm³/mol. The van der Waals surface area contributed by atoms with Crippen molar-refractivity contribution in [1.29, 1.82) is 0 Å². The molecule has 1 aromatic carbocycles. The second kappa shape index (κ2) is 5.09. The molecule has 1 fully saturated rings. The van der Waals surface area contributed by atoms with E-state index >= 15 is 0 Å². The van der Waals surface area contributed by atoms with Gasteiger partial charge < -0.3 is 5.11 Å². The summed E-state index contributed by atoms with van der Waals surface area (Å²) >= 11 is 13.7. The molecule has 17 heavy (non-hydrogen) atoms. The molecule has 0 saturated carbocycles. The number of rotatable bonds is 3. The summed E-state index contributed by atoms with van der Waals surface area (Å²) in [5.74, 6) is 0.116. The molecule has 1 saturated heterocycles. The molecule has 2 rings (SSSR count). The molecular formula is C12H12Cl2O2S. The third-order valence-electron chi connectivity index (χ3n) is 3.02. The van der Waals surface area contributed by atoms with Crippen molar-refractivity contribution in [2.24, 2.45) is 0 Å². The smallest absolute Gasteiger partial charge is 0.320 e. The fourth-order valence-corrected chi connectivity index (χ4v) is 3.94. The molecule has 0 radical (unpaired) electrons. The van der Waals surface area contributed by atoms with Crippen molar-refractivity contribution in [1.82, 2.24) is 0 Å².